The summed E-state index contributed by atoms with van der Waals surface area (Å²) in [5.74, 6) is 0.458. The van der Waals surface area contributed by atoms with E-state index >= 15 is 0 Å². The highest BCUT2D eigenvalue weighted by Gasteiger charge is 2.13. The number of alkyl halides is 2. The van der Waals surface area contributed by atoms with Gasteiger partial charge in [-0.15, -0.1) is 11.6 Å². The van der Waals surface area contributed by atoms with Crippen LogP contribution in [0, 0.1) is 0 Å². The minimum absolute atomic E-state index is 0.153. The van der Waals surface area contributed by atoms with Crippen LogP contribution in [0.25, 0.3) is 16.5 Å². The van der Waals surface area contributed by atoms with Gasteiger partial charge in [0.1, 0.15) is 12.4 Å². The maximum Gasteiger partial charge on any atom is 0.140 e. The molecule has 1 unspecified atom stereocenters. The molecule has 0 spiro atoms. The Hall–Kier alpha value is -1.32. The number of furan rings is 1. The van der Waals surface area contributed by atoms with Crippen LogP contribution in [0.2, 0.25) is 0 Å². The lowest BCUT2D eigenvalue weighted by molar-refractivity contribution is 0.402. The molecule has 0 bridgehead atoms. The van der Waals surface area contributed by atoms with Gasteiger partial charge in [0.15, 0.2) is 0 Å². The van der Waals surface area contributed by atoms with E-state index in [0.717, 1.165) is 22.1 Å². The third kappa shape index (κ3) is 2.74. The zero-order valence-electron chi connectivity index (χ0n) is 9.96. The van der Waals surface area contributed by atoms with E-state index in [4.69, 9.17) is 16.0 Å². The first-order valence-electron chi connectivity index (χ1n) is 5.78. The summed E-state index contributed by atoms with van der Waals surface area (Å²) in [5.41, 5.74) is 2.57. The molecule has 1 heterocycles. The minimum atomic E-state index is -0.594. The molecule has 2 rings (SSSR count). The van der Waals surface area contributed by atoms with E-state index in [1.54, 1.807) is 6.26 Å². The first kappa shape index (κ1) is 13.1. The van der Waals surface area contributed by atoms with Gasteiger partial charge in [-0.2, -0.15) is 0 Å². The maximum absolute atomic E-state index is 12.4. The fourth-order valence-corrected chi connectivity index (χ4v) is 2.18. The van der Waals surface area contributed by atoms with Gasteiger partial charge in [0.2, 0.25) is 0 Å². The Labute approximate surface area is 110 Å². The molecule has 0 aliphatic heterocycles. The summed E-state index contributed by atoms with van der Waals surface area (Å²) >= 11 is 5.72. The number of hydrogen-bond donors (Lipinski definition) is 1. The van der Waals surface area contributed by atoms with E-state index in [2.05, 4.69) is 11.9 Å². The van der Waals surface area contributed by atoms with Crippen molar-refractivity contribution in [2.24, 2.45) is 0 Å². The van der Waals surface area contributed by atoms with Crippen LogP contribution in [0.1, 0.15) is 12.0 Å². The van der Waals surface area contributed by atoms with E-state index in [-0.39, 0.29) is 6.04 Å². The predicted octanol–water partition coefficient (Wildman–Crippen LogP) is 3.96. The van der Waals surface area contributed by atoms with E-state index in [0.29, 0.717) is 12.3 Å². The van der Waals surface area contributed by atoms with Gasteiger partial charge < -0.3 is 4.42 Å². The Morgan fingerprint density at radius 2 is 2.28 bits per heavy atom. The minimum Gasteiger partial charge on any atom is -0.464 e. The maximum atomic E-state index is 12.4. The van der Waals surface area contributed by atoms with E-state index in [1.807, 2.05) is 24.3 Å². The Morgan fingerprint density at radius 1 is 1.44 bits per heavy atom. The van der Waals surface area contributed by atoms with Crippen molar-refractivity contribution in [3.8, 4) is 0 Å². The van der Waals surface area contributed by atoms with Crippen LogP contribution in [0.4, 0.5) is 4.39 Å². The van der Waals surface area contributed by atoms with Crippen LogP contribution in [0.3, 0.4) is 0 Å². The molecular weight excluding hydrogens is 253 g/mol. The smallest absolute Gasteiger partial charge is 0.140 e. The summed E-state index contributed by atoms with van der Waals surface area (Å²) in [7, 11) is 0. The Bertz CT molecular complexity index is 531. The van der Waals surface area contributed by atoms with Crippen LogP contribution in [0.15, 0.2) is 41.5 Å². The summed E-state index contributed by atoms with van der Waals surface area (Å²) in [6.45, 7) is 3.43. The summed E-state index contributed by atoms with van der Waals surface area (Å²) < 4.78 is 17.8. The molecule has 18 heavy (non-hydrogen) atoms. The average Bonchev–Trinajstić information content (AvgIpc) is 2.84. The molecule has 4 heteroatoms. The van der Waals surface area contributed by atoms with Crippen molar-refractivity contribution in [2.75, 3.05) is 12.7 Å². The van der Waals surface area contributed by atoms with Crippen LogP contribution in [0.5, 0.6) is 0 Å². The van der Waals surface area contributed by atoms with Crippen molar-refractivity contribution < 1.29 is 8.81 Å². The normalized spacial score (nSPS) is 12.8. The van der Waals surface area contributed by atoms with Crippen molar-refractivity contribution in [3.05, 3.63) is 42.7 Å². The highest BCUT2D eigenvalue weighted by atomic mass is 35.5. The summed E-state index contributed by atoms with van der Waals surface area (Å²) in [4.78, 5) is 0. The van der Waals surface area contributed by atoms with Crippen LogP contribution in [-0.2, 0) is 0 Å². The fourth-order valence-electron chi connectivity index (χ4n) is 1.96. The molecular formula is C14H15ClFNO. The van der Waals surface area contributed by atoms with Gasteiger partial charge in [-0.3, -0.25) is 5.32 Å². The SMILES string of the molecule is C=C(c1ccc2ccoc2c1)C(CCCl)NCF. The van der Waals surface area contributed by atoms with E-state index in [1.165, 1.54) is 0 Å². The molecule has 1 N–H and O–H groups in total. The first-order chi connectivity index (χ1) is 8.76. The molecule has 96 valence electrons. The molecule has 1 aromatic heterocycles. The molecule has 0 saturated heterocycles. The Morgan fingerprint density at radius 3 is 3.00 bits per heavy atom. The number of halogens is 2. The van der Waals surface area contributed by atoms with Gasteiger partial charge in [-0.1, -0.05) is 18.7 Å². The molecule has 1 atom stereocenters. The molecule has 0 aliphatic carbocycles. The quantitative estimate of drug-likeness (QED) is 0.633. The lowest BCUT2D eigenvalue weighted by Crippen LogP contribution is -2.29. The second kappa shape index (κ2) is 6.03. The van der Waals surface area contributed by atoms with Crippen LogP contribution in [-0.4, -0.2) is 18.7 Å². The van der Waals surface area contributed by atoms with Crippen molar-refractivity contribution in [1.29, 1.82) is 0 Å². The van der Waals surface area contributed by atoms with Gasteiger partial charge >= 0.3 is 0 Å². The number of nitrogens with one attached hydrogen (secondary N) is 1. The third-order valence-electron chi connectivity index (χ3n) is 2.97. The van der Waals surface area contributed by atoms with Crippen molar-refractivity contribution in [2.45, 2.75) is 12.5 Å². The van der Waals surface area contributed by atoms with Crippen LogP contribution < -0.4 is 5.32 Å². The zero-order valence-corrected chi connectivity index (χ0v) is 10.7. The number of fused-ring (bicyclic) bond motifs is 1. The Kier molecular flexibility index (Phi) is 4.39. The predicted molar refractivity (Wildman–Crippen MR) is 73.5 cm³/mol. The standard InChI is InChI=1S/C14H15ClFNO/c1-10(13(4-6-15)17-9-16)12-3-2-11-5-7-18-14(11)8-12/h2-3,5,7-8,13,17H,1,4,6,9H2. The van der Waals surface area contributed by atoms with Gasteiger partial charge in [0.05, 0.1) is 6.26 Å². The molecule has 0 radical (unpaired) electrons. The fraction of sp³-hybridized carbons (Fsp3) is 0.286. The molecule has 0 aliphatic rings. The van der Waals surface area contributed by atoms with Crippen molar-refractivity contribution in [1.82, 2.24) is 5.32 Å². The van der Waals surface area contributed by atoms with Crippen molar-refractivity contribution in [3.63, 3.8) is 0 Å². The highest BCUT2D eigenvalue weighted by molar-refractivity contribution is 6.17. The number of hydrogen-bond acceptors (Lipinski definition) is 2. The third-order valence-corrected chi connectivity index (χ3v) is 3.19. The van der Waals surface area contributed by atoms with Gasteiger partial charge in [0.25, 0.3) is 0 Å². The second-order valence-corrected chi connectivity index (χ2v) is 4.44. The van der Waals surface area contributed by atoms with Crippen LogP contribution >= 0.6 is 11.6 Å². The molecule has 1 aromatic carbocycles. The lowest BCUT2D eigenvalue weighted by Gasteiger charge is -2.18. The molecule has 2 aromatic rings. The topological polar surface area (TPSA) is 25.2 Å². The Balaban J connectivity index is 2.24. The van der Waals surface area contributed by atoms with Gasteiger partial charge in [-0.25, -0.2) is 4.39 Å². The molecule has 0 amide bonds. The lowest BCUT2D eigenvalue weighted by atomic mass is 9.98. The summed E-state index contributed by atoms with van der Waals surface area (Å²) in [6, 6.07) is 7.59. The van der Waals surface area contributed by atoms with Gasteiger partial charge in [0, 0.05) is 17.3 Å². The monoisotopic (exact) mass is 267 g/mol. The molecule has 0 fully saturated rings. The zero-order chi connectivity index (χ0) is 13.0. The summed E-state index contributed by atoms with van der Waals surface area (Å²) in [6.07, 6.45) is 2.29. The second-order valence-electron chi connectivity index (χ2n) is 4.07. The van der Waals surface area contributed by atoms with E-state index in [9.17, 15) is 4.39 Å². The highest BCUT2D eigenvalue weighted by Crippen LogP contribution is 2.24. The molecule has 0 saturated carbocycles. The number of rotatable bonds is 6. The summed E-state index contributed by atoms with van der Waals surface area (Å²) in [5, 5.41) is 3.78. The van der Waals surface area contributed by atoms with Crippen molar-refractivity contribution >= 4 is 28.1 Å². The average molecular weight is 268 g/mol. The number of benzene rings is 1. The largest absolute Gasteiger partial charge is 0.464 e. The molecule has 2 nitrogen and oxygen atoms in total. The van der Waals surface area contributed by atoms with E-state index < -0.39 is 6.80 Å². The first-order valence-corrected chi connectivity index (χ1v) is 6.31. The van der Waals surface area contributed by atoms with Gasteiger partial charge in [-0.05, 0) is 29.7 Å².